The van der Waals surface area contributed by atoms with Crippen LogP contribution < -0.4 is 10.1 Å². The van der Waals surface area contributed by atoms with Crippen molar-refractivity contribution in [3.05, 3.63) is 29.8 Å². The number of imide groups is 1. The van der Waals surface area contributed by atoms with Crippen LogP contribution in [0.1, 0.15) is 62.7 Å². The first-order chi connectivity index (χ1) is 13.9. The third kappa shape index (κ3) is 4.61. The van der Waals surface area contributed by atoms with Crippen LogP contribution in [-0.2, 0) is 4.79 Å². The number of rotatable bonds is 8. The smallest absolute Gasteiger partial charge is 0.325 e. The van der Waals surface area contributed by atoms with Crippen molar-refractivity contribution in [3.63, 3.8) is 0 Å². The number of Topliss-reactive ketones (excluding diaryl/α,β-unsaturated/α-hetero) is 1. The highest BCUT2D eigenvalue weighted by molar-refractivity contribution is 6.07. The minimum absolute atomic E-state index is 0.0525. The molecule has 1 aliphatic heterocycles. The number of aliphatic hydroxyl groups excluding tert-OH is 1. The summed E-state index contributed by atoms with van der Waals surface area (Å²) in [7, 11) is 0. The van der Waals surface area contributed by atoms with Crippen molar-refractivity contribution in [2.75, 3.05) is 13.2 Å². The normalized spacial score (nSPS) is 25.2. The first kappa shape index (κ1) is 21.3. The molecule has 158 valence electrons. The number of ether oxygens (including phenoxy) is 1. The minimum atomic E-state index is -0.996. The van der Waals surface area contributed by atoms with Gasteiger partial charge in [-0.05, 0) is 55.9 Å². The maximum atomic E-state index is 12.9. The number of urea groups is 1. The second kappa shape index (κ2) is 8.95. The van der Waals surface area contributed by atoms with Crippen molar-refractivity contribution < 1.29 is 24.2 Å². The SMILES string of the molecule is CCC(=O)c1ccc(OCC(O)CN2C(=O)NC3(CCC(CC)CC3)C2=O)cc1. The van der Waals surface area contributed by atoms with Gasteiger partial charge in [-0.1, -0.05) is 20.3 Å². The Morgan fingerprint density at radius 1 is 1.24 bits per heavy atom. The third-order valence-electron chi connectivity index (χ3n) is 6.12. The van der Waals surface area contributed by atoms with Gasteiger partial charge in [0, 0.05) is 12.0 Å². The van der Waals surface area contributed by atoms with Gasteiger partial charge in [-0.15, -0.1) is 0 Å². The van der Waals surface area contributed by atoms with Crippen molar-refractivity contribution in [1.29, 1.82) is 0 Å². The van der Waals surface area contributed by atoms with Gasteiger partial charge in [0.25, 0.3) is 5.91 Å². The van der Waals surface area contributed by atoms with E-state index in [0.29, 0.717) is 36.5 Å². The number of β-amino-alcohol motifs (C(OH)–C–C–N with tert-alkyl or cyclic N) is 1. The van der Waals surface area contributed by atoms with Crippen LogP contribution in [-0.4, -0.2) is 52.5 Å². The Balaban J connectivity index is 1.52. The molecule has 2 fully saturated rings. The second-order valence-corrected chi connectivity index (χ2v) is 8.05. The second-order valence-electron chi connectivity index (χ2n) is 8.05. The van der Waals surface area contributed by atoms with Gasteiger partial charge in [0.2, 0.25) is 0 Å². The molecule has 7 nitrogen and oxygen atoms in total. The molecule has 3 amide bonds. The molecule has 1 atom stereocenters. The molecule has 0 bridgehead atoms. The molecule has 1 heterocycles. The highest BCUT2D eigenvalue weighted by Crippen LogP contribution is 2.37. The lowest BCUT2D eigenvalue weighted by Gasteiger charge is -2.34. The lowest BCUT2D eigenvalue weighted by atomic mass is 9.75. The van der Waals surface area contributed by atoms with E-state index in [-0.39, 0.29) is 24.8 Å². The van der Waals surface area contributed by atoms with Crippen LogP contribution in [0.15, 0.2) is 24.3 Å². The number of aliphatic hydroxyl groups is 1. The Bertz CT molecular complexity index is 753. The average molecular weight is 402 g/mol. The van der Waals surface area contributed by atoms with E-state index in [9.17, 15) is 19.5 Å². The number of amides is 3. The first-order valence-electron chi connectivity index (χ1n) is 10.5. The van der Waals surface area contributed by atoms with Gasteiger partial charge < -0.3 is 15.2 Å². The number of carbonyl (C=O) groups excluding carboxylic acids is 3. The molecule has 3 rings (SSSR count). The maximum Gasteiger partial charge on any atom is 0.325 e. The molecule has 1 saturated heterocycles. The topological polar surface area (TPSA) is 95.9 Å². The number of nitrogens with zero attached hydrogens (tertiary/aromatic N) is 1. The van der Waals surface area contributed by atoms with Crippen molar-refractivity contribution >= 4 is 17.7 Å². The summed E-state index contributed by atoms with van der Waals surface area (Å²) in [5.41, 5.74) is -0.187. The van der Waals surface area contributed by atoms with Gasteiger partial charge in [0.1, 0.15) is 24.0 Å². The van der Waals surface area contributed by atoms with Gasteiger partial charge in [-0.2, -0.15) is 0 Å². The summed E-state index contributed by atoms with van der Waals surface area (Å²) in [5.74, 6) is 0.941. The molecule has 1 unspecified atom stereocenters. The molecule has 29 heavy (non-hydrogen) atoms. The van der Waals surface area contributed by atoms with E-state index in [1.54, 1.807) is 31.2 Å². The highest BCUT2D eigenvalue weighted by Gasteiger charge is 2.52. The van der Waals surface area contributed by atoms with Gasteiger partial charge in [-0.25, -0.2) is 4.79 Å². The number of benzene rings is 1. The van der Waals surface area contributed by atoms with Crippen LogP contribution in [0.5, 0.6) is 5.75 Å². The van der Waals surface area contributed by atoms with E-state index >= 15 is 0 Å². The molecule has 1 saturated carbocycles. The molecule has 0 aromatic heterocycles. The Labute approximate surface area is 171 Å². The fraction of sp³-hybridized carbons (Fsp3) is 0.591. The average Bonchev–Trinajstić information content (AvgIpc) is 2.96. The Kier molecular flexibility index (Phi) is 6.57. The van der Waals surface area contributed by atoms with E-state index < -0.39 is 17.7 Å². The summed E-state index contributed by atoms with van der Waals surface area (Å²) in [4.78, 5) is 38.0. The largest absolute Gasteiger partial charge is 0.491 e. The number of nitrogens with one attached hydrogen (secondary N) is 1. The van der Waals surface area contributed by atoms with Crippen LogP contribution in [0.25, 0.3) is 0 Å². The van der Waals surface area contributed by atoms with E-state index in [4.69, 9.17) is 4.74 Å². The van der Waals surface area contributed by atoms with Crippen molar-refractivity contribution in [2.45, 2.75) is 64.0 Å². The monoisotopic (exact) mass is 402 g/mol. The quantitative estimate of drug-likeness (QED) is 0.515. The number of carbonyl (C=O) groups is 3. The summed E-state index contributed by atoms with van der Waals surface area (Å²) in [6.07, 6.45) is 3.70. The zero-order chi connectivity index (χ0) is 21.0. The lowest BCUT2D eigenvalue weighted by Crippen LogP contribution is -2.50. The summed E-state index contributed by atoms with van der Waals surface area (Å²) in [6.45, 7) is 3.80. The summed E-state index contributed by atoms with van der Waals surface area (Å²) in [6, 6.07) is 6.27. The minimum Gasteiger partial charge on any atom is -0.491 e. The molecule has 7 heteroatoms. The predicted octanol–water partition coefficient (Wildman–Crippen LogP) is 2.91. The highest BCUT2D eigenvalue weighted by atomic mass is 16.5. The molecule has 1 spiro atoms. The van der Waals surface area contributed by atoms with Crippen LogP contribution in [0.2, 0.25) is 0 Å². The molecular weight excluding hydrogens is 372 g/mol. The van der Waals surface area contributed by atoms with Crippen molar-refractivity contribution in [3.8, 4) is 5.75 Å². The predicted molar refractivity (Wildman–Crippen MR) is 108 cm³/mol. The molecule has 0 radical (unpaired) electrons. The summed E-state index contributed by atoms with van der Waals surface area (Å²) in [5, 5.41) is 13.2. The Morgan fingerprint density at radius 3 is 2.48 bits per heavy atom. The number of hydrogen-bond donors (Lipinski definition) is 2. The van der Waals surface area contributed by atoms with Crippen molar-refractivity contribution in [1.82, 2.24) is 10.2 Å². The summed E-state index contributed by atoms with van der Waals surface area (Å²) >= 11 is 0. The zero-order valence-electron chi connectivity index (χ0n) is 17.1. The van der Waals surface area contributed by atoms with Crippen LogP contribution in [0, 0.1) is 5.92 Å². The Morgan fingerprint density at radius 2 is 1.90 bits per heavy atom. The maximum absolute atomic E-state index is 12.9. The standard InChI is InChI=1S/C22H30N2O5/c1-3-15-9-11-22(12-10-15)20(27)24(21(28)23-22)13-17(25)14-29-18-7-5-16(6-8-18)19(26)4-2/h5-8,15,17,25H,3-4,9-14H2,1-2H3,(H,23,28). The van der Waals surface area contributed by atoms with Crippen molar-refractivity contribution in [2.24, 2.45) is 5.92 Å². The van der Waals surface area contributed by atoms with Crippen LogP contribution in [0.4, 0.5) is 4.79 Å². The third-order valence-corrected chi connectivity index (χ3v) is 6.12. The molecule has 2 N–H and O–H groups in total. The van der Waals surface area contributed by atoms with Gasteiger partial charge in [0.15, 0.2) is 5.78 Å². The van der Waals surface area contributed by atoms with Gasteiger partial charge >= 0.3 is 6.03 Å². The zero-order valence-corrected chi connectivity index (χ0v) is 17.1. The Hall–Kier alpha value is -2.41. The molecule has 1 aliphatic carbocycles. The van der Waals surface area contributed by atoms with E-state index in [2.05, 4.69) is 12.2 Å². The van der Waals surface area contributed by atoms with E-state index in [1.807, 2.05) is 0 Å². The molecule has 1 aromatic carbocycles. The first-order valence-corrected chi connectivity index (χ1v) is 10.5. The lowest BCUT2D eigenvalue weighted by molar-refractivity contribution is -0.133. The fourth-order valence-corrected chi connectivity index (χ4v) is 4.16. The van der Waals surface area contributed by atoms with Gasteiger partial charge in [-0.3, -0.25) is 14.5 Å². The molecular formula is C22H30N2O5. The van der Waals surface area contributed by atoms with E-state index in [0.717, 1.165) is 24.2 Å². The van der Waals surface area contributed by atoms with Gasteiger partial charge in [0.05, 0.1) is 6.54 Å². The van der Waals surface area contributed by atoms with Crippen LogP contribution >= 0.6 is 0 Å². The van der Waals surface area contributed by atoms with E-state index in [1.165, 1.54) is 0 Å². The number of hydrogen-bond acceptors (Lipinski definition) is 5. The molecule has 1 aromatic rings. The summed E-state index contributed by atoms with van der Waals surface area (Å²) < 4.78 is 5.55. The molecule has 2 aliphatic rings. The number of ketones is 1. The van der Waals surface area contributed by atoms with Crippen LogP contribution in [0.3, 0.4) is 0 Å². The fourth-order valence-electron chi connectivity index (χ4n) is 4.16.